The molecule has 0 bridgehead atoms. The van der Waals surface area contributed by atoms with Crippen molar-refractivity contribution < 1.29 is 21.4 Å². The van der Waals surface area contributed by atoms with Gasteiger partial charge in [-0.15, -0.1) is 0 Å². The second-order valence-corrected chi connectivity index (χ2v) is 10.8. The number of H-pyrrole nitrogens is 1. The Morgan fingerprint density at radius 2 is 1.72 bits per heavy atom. The van der Waals surface area contributed by atoms with Gasteiger partial charge in [0.05, 0.1) is 4.90 Å². The highest BCUT2D eigenvalue weighted by atomic mass is 32.2. The zero-order chi connectivity index (χ0) is 20.8. The van der Waals surface area contributed by atoms with Crippen molar-refractivity contribution >= 4 is 31.2 Å². The molecule has 3 aromatic rings. The van der Waals surface area contributed by atoms with Crippen LogP contribution in [0.2, 0.25) is 0 Å². The number of hydrogen-bond acceptors (Lipinski definition) is 5. The van der Waals surface area contributed by atoms with Gasteiger partial charge < -0.3 is 4.98 Å². The van der Waals surface area contributed by atoms with Crippen LogP contribution in [0.25, 0.3) is 22.2 Å². The van der Waals surface area contributed by atoms with Gasteiger partial charge in [0.2, 0.25) is 10.0 Å². The molecule has 2 N–H and O–H groups in total. The van der Waals surface area contributed by atoms with E-state index in [0.717, 1.165) is 24.0 Å². The molecule has 29 heavy (non-hydrogen) atoms. The van der Waals surface area contributed by atoms with Gasteiger partial charge in [0.25, 0.3) is 10.1 Å². The van der Waals surface area contributed by atoms with E-state index in [-0.39, 0.29) is 4.90 Å². The zero-order valence-corrected chi connectivity index (χ0v) is 17.4. The van der Waals surface area contributed by atoms with E-state index in [2.05, 4.69) is 9.97 Å². The lowest BCUT2D eigenvalue weighted by atomic mass is 10.0. The van der Waals surface area contributed by atoms with Gasteiger partial charge in [0.15, 0.2) is 0 Å². The molecule has 154 valence electrons. The van der Waals surface area contributed by atoms with Crippen LogP contribution in [0.1, 0.15) is 30.7 Å². The van der Waals surface area contributed by atoms with Crippen molar-refractivity contribution in [3.8, 4) is 11.1 Å². The third-order valence-corrected chi connectivity index (χ3v) is 8.37. The van der Waals surface area contributed by atoms with E-state index in [0.29, 0.717) is 29.8 Å². The average molecular weight is 436 g/mol. The van der Waals surface area contributed by atoms with E-state index < -0.39 is 25.4 Å². The normalized spacial score (nSPS) is 17.0. The summed E-state index contributed by atoms with van der Waals surface area (Å²) in [6.45, 7) is 2.48. The van der Waals surface area contributed by atoms with Crippen LogP contribution in [0.3, 0.4) is 0 Å². The average Bonchev–Trinajstić information content (AvgIpc) is 3.36. The summed E-state index contributed by atoms with van der Waals surface area (Å²) in [5, 5.41) is -0.425. The Balaban J connectivity index is 1.72. The summed E-state index contributed by atoms with van der Waals surface area (Å²) in [5.41, 5.74) is 2.38. The number of hydrogen-bond donors (Lipinski definition) is 2. The topological polar surface area (TPSA) is 120 Å². The van der Waals surface area contributed by atoms with Crippen LogP contribution >= 0.6 is 0 Å². The van der Waals surface area contributed by atoms with Gasteiger partial charge in [-0.2, -0.15) is 12.7 Å². The van der Waals surface area contributed by atoms with Crippen LogP contribution < -0.4 is 0 Å². The number of nitrogens with zero attached hydrogens (tertiary/aromatic N) is 2. The van der Waals surface area contributed by atoms with Gasteiger partial charge in [-0.25, -0.2) is 13.4 Å². The lowest BCUT2D eigenvalue weighted by molar-refractivity contribution is 0.471. The standard InChI is InChI=1S/C19H21N3O5S2/c1-13(29(25,26)27)18-12-17-16(8-9-20-19(17)21-18)14-4-6-15(7-5-14)28(23,24)22-10-2-3-11-22/h4-9,12-13H,2-3,10-11H2,1H3,(H,20,21)(H,25,26,27). The number of rotatable bonds is 5. The van der Waals surface area contributed by atoms with Crippen molar-refractivity contribution in [3.63, 3.8) is 0 Å². The minimum atomic E-state index is -4.24. The van der Waals surface area contributed by atoms with E-state index in [4.69, 9.17) is 0 Å². The first kappa shape index (κ1) is 20.0. The number of fused-ring (bicyclic) bond motifs is 1. The minimum absolute atomic E-state index is 0.253. The van der Waals surface area contributed by atoms with Crippen molar-refractivity contribution in [3.05, 3.63) is 48.3 Å². The zero-order valence-electron chi connectivity index (χ0n) is 15.7. The van der Waals surface area contributed by atoms with Crippen molar-refractivity contribution in [1.82, 2.24) is 14.3 Å². The first-order chi connectivity index (χ1) is 13.7. The molecule has 3 heterocycles. The summed E-state index contributed by atoms with van der Waals surface area (Å²) in [5.74, 6) is 0. The largest absolute Gasteiger partial charge is 0.342 e. The third-order valence-electron chi connectivity index (χ3n) is 5.31. The molecular formula is C19H21N3O5S2. The summed E-state index contributed by atoms with van der Waals surface area (Å²) in [6.07, 6.45) is 3.35. The van der Waals surface area contributed by atoms with Crippen LogP contribution in [-0.2, 0) is 20.1 Å². The monoisotopic (exact) mass is 435 g/mol. The highest BCUT2D eigenvalue weighted by Crippen LogP contribution is 2.32. The second kappa shape index (κ2) is 7.21. The third kappa shape index (κ3) is 3.68. The number of aromatic amines is 1. The van der Waals surface area contributed by atoms with Crippen LogP contribution in [0.4, 0.5) is 0 Å². The fourth-order valence-electron chi connectivity index (χ4n) is 3.56. The van der Waals surface area contributed by atoms with E-state index in [1.54, 1.807) is 42.6 Å². The van der Waals surface area contributed by atoms with E-state index in [9.17, 15) is 21.4 Å². The van der Waals surface area contributed by atoms with Crippen molar-refractivity contribution in [2.45, 2.75) is 29.9 Å². The van der Waals surface area contributed by atoms with Gasteiger partial charge in [-0.05, 0) is 55.2 Å². The molecule has 1 saturated heterocycles. The highest BCUT2D eigenvalue weighted by molar-refractivity contribution is 7.89. The van der Waals surface area contributed by atoms with Crippen LogP contribution in [-0.4, -0.2) is 48.8 Å². The lowest BCUT2D eigenvalue weighted by Crippen LogP contribution is -2.27. The fourth-order valence-corrected chi connectivity index (χ4v) is 5.53. The Labute approximate surface area is 169 Å². The molecule has 0 saturated carbocycles. The molecule has 2 aromatic heterocycles. The summed E-state index contributed by atoms with van der Waals surface area (Å²) in [4.78, 5) is 7.41. The van der Waals surface area contributed by atoms with Crippen molar-refractivity contribution in [1.29, 1.82) is 0 Å². The van der Waals surface area contributed by atoms with Gasteiger partial charge >= 0.3 is 0 Å². The van der Waals surface area contributed by atoms with E-state index in [1.807, 2.05) is 0 Å². The molecular weight excluding hydrogens is 414 g/mol. The Hall–Kier alpha value is -2.27. The summed E-state index contributed by atoms with van der Waals surface area (Å²) in [6, 6.07) is 10.1. The molecule has 1 fully saturated rings. The molecule has 1 aliphatic heterocycles. The maximum atomic E-state index is 12.7. The van der Waals surface area contributed by atoms with Crippen molar-refractivity contribution in [2.75, 3.05) is 13.1 Å². The maximum Gasteiger partial charge on any atom is 0.273 e. The van der Waals surface area contributed by atoms with Crippen LogP contribution in [0.5, 0.6) is 0 Å². The van der Waals surface area contributed by atoms with Gasteiger partial charge in [0, 0.05) is 30.4 Å². The molecule has 4 rings (SSSR count). The molecule has 10 heteroatoms. The molecule has 0 amide bonds. The SMILES string of the molecule is CC(c1cc2c(-c3ccc(S(=O)(=O)N4CCCC4)cc3)ccnc2[nH]1)S(=O)(=O)O. The van der Waals surface area contributed by atoms with E-state index in [1.165, 1.54) is 11.2 Å². The number of pyridine rings is 1. The summed E-state index contributed by atoms with van der Waals surface area (Å²) >= 11 is 0. The van der Waals surface area contributed by atoms with Crippen molar-refractivity contribution in [2.24, 2.45) is 0 Å². The first-order valence-corrected chi connectivity index (χ1v) is 12.2. The molecule has 1 atom stereocenters. The molecule has 8 nitrogen and oxygen atoms in total. The lowest BCUT2D eigenvalue weighted by Gasteiger charge is -2.15. The molecule has 1 aliphatic rings. The van der Waals surface area contributed by atoms with E-state index >= 15 is 0 Å². The fraction of sp³-hybridized carbons (Fsp3) is 0.316. The number of sulfonamides is 1. The summed E-state index contributed by atoms with van der Waals surface area (Å²) < 4.78 is 59.1. The van der Waals surface area contributed by atoms with Gasteiger partial charge in [-0.3, -0.25) is 4.55 Å². The number of nitrogens with one attached hydrogen (secondary N) is 1. The predicted molar refractivity (Wildman–Crippen MR) is 109 cm³/mol. The smallest absolute Gasteiger partial charge is 0.273 e. The molecule has 0 aliphatic carbocycles. The molecule has 1 aromatic carbocycles. The number of benzene rings is 1. The number of aromatic nitrogens is 2. The summed E-state index contributed by atoms with van der Waals surface area (Å²) in [7, 11) is -7.72. The van der Waals surface area contributed by atoms with Gasteiger partial charge in [-0.1, -0.05) is 12.1 Å². The van der Waals surface area contributed by atoms with Gasteiger partial charge in [0.1, 0.15) is 10.9 Å². The molecule has 0 radical (unpaired) electrons. The Bertz CT molecular complexity index is 1260. The highest BCUT2D eigenvalue weighted by Gasteiger charge is 2.27. The first-order valence-electron chi connectivity index (χ1n) is 9.22. The molecule has 0 spiro atoms. The predicted octanol–water partition coefficient (Wildman–Crippen LogP) is 2.96. The molecule has 1 unspecified atom stereocenters. The maximum absolute atomic E-state index is 12.7. The quantitative estimate of drug-likeness (QED) is 0.595. The Morgan fingerprint density at radius 1 is 1.07 bits per heavy atom. The minimum Gasteiger partial charge on any atom is -0.342 e. The van der Waals surface area contributed by atoms with Crippen LogP contribution in [0, 0.1) is 0 Å². The second-order valence-electron chi connectivity index (χ2n) is 7.14. The Morgan fingerprint density at radius 3 is 2.34 bits per heavy atom. The Kier molecular flexibility index (Phi) is 4.97. The van der Waals surface area contributed by atoms with Crippen LogP contribution in [0.15, 0.2) is 47.5 Å².